The second-order valence-electron chi connectivity index (χ2n) is 6.16. The van der Waals surface area contributed by atoms with Crippen LogP contribution in [0.5, 0.6) is 0 Å². The van der Waals surface area contributed by atoms with Crippen LogP contribution in [0.3, 0.4) is 0 Å². The number of carbonyl (C=O) groups is 2. The number of nitrogens with one attached hydrogen (secondary N) is 1. The second-order valence-corrected chi connectivity index (χ2v) is 6.16. The average molecular weight is 348 g/mol. The summed E-state index contributed by atoms with van der Waals surface area (Å²) in [5.41, 5.74) is 1.05. The van der Waals surface area contributed by atoms with Crippen LogP contribution in [0.15, 0.2) is 23.0 Å². The molecule has 0 bridgehead atoms. The summed E-state index contributed by atoms with van der Waals surface area (Å²) < 4.78 is 12.1. The van der Waals surface area contributed by atoms with Gasteiger partial charge in [0.05, 0.1) is 12.8 Å². The molecule has 1 saturated heterocycles. The summed E-state index contributed by atoms with van der Waals surface area (Å²) in [4.78, 5) is 23.8. The lowest BCUT2D eigenvalue weighted by molar-refractivity contribution is -0.142. The molecule has 3 heterocycles. The number of rotatable bonds is 6. The van der Waals surface area contributed by atoms with Crippen molar-refractivity contribution in [2.24, 2.45) is 5.92 Å². The van der Waals surface area contributed by atoms with Crippen LogP contribution in [0.1, 0.15) is 34.7 Å². The standard InChI is InChI=1S/C16H20N4O5/c1-10-6-17-20(7-10)8-12-5-13(19-25-12)15(21)18-14(16(22)23)11-3-2-4-24-9-11/h5-7,11,14H,2-4,8-9H2,1H3,(H,18,21)(H,22,23). The Morgan fingerprint density at radius 1 is 1.52 bits per heavy atom. The second kappa shape index (κ2) is 7.47. The number of aryl methyl sites for hydroxylation is 1. The van der Waals surface area contributed by atoms with Crippen molar-refractivity contribution in [1.82, 2.24) is 20.3 Å². The highest BCUT2D eigenvalue weighted by Crippen LogP contribution is 2.18. The summed E-state index contributed by atoms with van der Waals surface area (Å²) >= 11 is 0. The fourth-order valence-corrected chi connectivity index (χ4v) is 2.83. The van der Waals surface area contributed by atoms with Crippen LogP contribution in [-0.4, -0.2) is 51.2 Å². The summed E-state index contributed by atoms with van der Waals surface area (Å²) in [6.45, 7) is 3.20. The Balaban J connectivity index is 1.64. The zero-order valence-corrected chi connectivity index (χ0v) is 13.8. The van der Waals surface area contributed by atoms with Crippen LogP contribution in [-0.2, 0) is 16.1 Å². The molecular formula is C16H20N4O5. The van der Waals surface area contributed by atoms with E-state index in [-0.39, 0.29) is 11.6 Å². The Bertz CT molecular complexity index is 747. The third-order valence-corrected chi connectivity index (χ3v) is 4.09. The minimum atomic E-state index is -1.08. The number of hydrogen-bond acceptors (Lipinski definition) is 6. The van der Waals surface area contributed by atoms with Gasteiger partial charge in [-0.2, -0.15) is 5.10 Å². The number of nitrogens with zero attached hydrogens (tertiary/aromatic N) is 3. The summed E-state index contributed by atoms with van der Waals surface area (Å²) in [5, 5.41) is 19.8. The molecule has 9 nitrogen and oxygen atoms in total. The third-order valence-electron chi connectivity index (χ3n) is 4.09. The molecule has 0 aliphatic carbocycles. The quantitative estimate of drug-likeness (QED) is 0.793. The van der Waals surface area contributed by atoms with Crippen molar-refractivity contribution in [3.63, 3.8) is 0 Å². The van der Waals surface area contributed by atoms with E-state index < -0.39 is 17.9 Å². The molecule has 2 aromatic rings. The molecule has 2 atom stereocenters. The Labute approximate surface area is 143 Å². The average Bonchev–Trinajstić information content (AvgIpc) is 3.22. The summed E-state index contributed by atoms with van der Waals surface area (Å²) in [6, 6.07) is 0.476. The van der Waals surface area contributed by atoms with Gasteiger partial charge >= 0.3 is 5.97 Å². The molecule has 1 amide bonds. The summed E-state index contributed by atoms with van der Waals surface area (Å²) in [6.07, 6.45) is 5.03. The molecule has 0 radical (unpaired) electrons. The van der Waals surface area contributed by atoms with Crippen molar-refractivity contribution in [2.75, 3.05) is 13.2 Å². The highest BCUT2D eigenvalue weighted by atomic mass is 16.5. The first-order chi connectivity index (χ1) is 12.0. The van der Waals surface area contributed by atoms with E-state index in [4.69, 9.17) is 9.26 Å². The maximum absolute atomic E-state index is 12.3. The number of aliphatic carboxylic acids is 1. The maximum Gasteiger partial charge on any atom is 0.326 e. The molecule has 1 aliphatic heterocycles. The Morgan fingerprint density at radius 2 is 2.36 bits per heavy atom. The number of carbonyl (C=O) groups excluding carboxylic acids is 1. The maximum atomic E-state index is 12.3. The third kappa shape index (κ3) is 4.24. The van der Waals surface area contributed by atoms with Gasteiger partial charge in [-0.15, -0.1) is 0 Å². The molecule has 2 N–H and O–H groups in total. The molecular weight excluding hydrogens is 328 g/mol. The lowest BCUT2D eigenvalue weighted by Crippen LogP contribution is -2.48. The van der Waals surface area contributed by atoms with Gasteiger partial charge in [-0.3, -0.25) is 9.48 Å². The van der Waals surface area contributed by atoms with Crippen LogP contribution in [0.25, 0.3) is 0 Å². The Kier molecular flexibility index (Phi) is 5.13. The molecule has 2 aromatic heterocycles. The highest BCUT2D eigenvalue weighted by Gasteiger charge is 2.32. The number of amides is 1. The molecule has 0 saturated carbocycles. The zero-order chi connectivity index (χ0) is 17.8. The highest BCUT2D eigenvalue weighted by molar-refractivity contribution is 5.95. The van der Waals surface area contributed by atoms with Gasteiger partial charge in [0.2, 0.25) is 0 Å². The van der Waals surface area contributed by atoms with Crippen molar-refractivity contribution < 1.29 is 24.0 Å². The SMILES string of the molecule is Cc1cnn(Cc2cc(C(=O)NC(C(=O)O)C3CCCOC3)no2)c1. The molecule has 0 aromatic carbocycles. The Morgan fingerprint density at radius 3 is 3.00 bits per heavy atom. The monoisotopic (exact) mass is 348 g/mol. The van der Waals surface area contributed by atoms with Crippen LogP contribution in [0, 0.1) is 12.8 Å². The van der Waals surface area contributed by atoms with E-state index >= 15 is 0 Å². The number of carboxylic acids is 1. The number of carboxylic acid groups (broad SMARTS) is 1. The van der Waals surface area contributed by atoms with E-state index in [1.165, 1.54) is 6.07 Å². The lowest BCUT2D eigenvalue weighted by atomic mass is 9.93. The van der Waals surface area contributed by atoms with Crippen molar-refractivity contribution in [3.05, 3.63) is 35.5 Å². The normalized spacial score (nSPS) is 18.7. The number of ether oxygens (including phenoxy) is 1. The molecule has 2 unspecified atom stereocenters. The minimum absolute atomic E-state index is 0.0434. The van der Waals surface area contributed by atoms with Crippen molar-refractivity contribution in [3.8, 4) is 0 Å². The predicted octanol–water partition coefficient (Wildman–Crippen LogP) is 0.837. The molecule has 134 valence electrons. The molecule has 0 spiro atoms. The lowest BCUT2D eigenvalue weighted by Gasteiger charge is -2.27. The van der Waals surface area contributed by atoms with E-state index in [0.717, 1.165) is 12.0 Å². The van der Waals surface area contributed by atoms with Gasteiger partial charge in [0.15, 0.2) is 11.5 Å². The predicted molar refractivity (Wildman–Crippen MR) is 85.0 cm³/mol. The largest absolute Gasteiger partial charge is 0.480 e. The molecule has 1 aliphatic rings. The number of aromatic nitrogens is 3. The van der Waals surface area contributed by atoms with Crippen LogP contribution in [0.4, 0.5) is 0 Å². The van der Waals surface area contributed by atoms with Gasteiger partial charge in [0.25, 0.3) is 5.91 Å². The van der Waals surface area contributed by atoms with Gasteiger partial charge < -0.3 is 19.7 Å². The van der Waals surface area contributed by atoms with Crippen molar-refractivity contribution in [1.29, 1.82) is 0 Å². The molecule has 3 rings (SSSR count). The summed E-state index contributed by atoms with van der Waals surface area (Å²) in [7, 11) is 0. The van der Waals surface area contributed by atoms with E-state index in [1.54, 1.807) is 10.9 Å². The molecule has 1 fully saturated rings. The van der Waals surface area contributed by atoms with Gasteiger partial charge in [0, 0.05) is 24.8 Å². The topological polar surface area (TPSA) is 119 Å². The van der Waals surface area contributed by atoms with Crippen molar-refractivity contribution in [2.45, 2.75) is 32.4 Å². The van der Waals surface area contributed by atoms with Gasteiger partial charge in [-0.25, -0.2) is 4.79 Å². The first-order valence-electron chi connectivity index (χ1n) is 8.09. The van der Waals surface area contributed by atoms with E-state index in [2.05, 4.69) is 15.6 Å². The fourth-order valence-electron chi connectivity index (χ4n) is 2.83. The van der Waals surface area contributed by atoms with Gasteiger partial charge in [-0.05, 0) is 25.3 Å². The van der Waals surface area contributed by atoms with E-state index in [0.29, 0.717) is 31.9 Å². The minimum Gasteiger partial charge on any atom is -0.480 e. The van der Waals surface area contributed by atoms with Crippen LogP contribution < -0.4 is 5.32 Å². The van der Waals surface area contributed by atoms with Gasteiger partial charge in [0.1, 0.15) is 12.6 Å². The fraction of sp³-hybridized carbons (Fsp3) is 0.500. The van der Waals surface area contributed by atoms with Gasteiger partial charge in [-0.1, -0.05) is 5.16 Å². The smallest absolute Gasteiger partial charge is 0.326 e. The molecule has 9 heteroatoms. The van der Waals surface area contributed by atoms with Crippen molar-refractivity contribution >= 4 is 11.9 Å². The molecule has 25 heavy (non-hydrogen) atoms. The Hall–Kier alpha value is -2.68. The van der Waals surface area contributed by atoms with Crippen LogP contribution in [0.2, 0.25) is 0 Å². The summed E-state index contributed by atoms with van der Waals surface area (Å²) in [5.74, 6) is -1.46. The van der Waals surface area contributed by atoms with E-state index in [9.17, 15) is 14.7 Å². The zero-order valence-electron chi connectivity index (χ0n) is 13.8. The van der Waals surface area contributed by atoms with E-state index in [1.807, 2.05) is 13.1 Å². The van der Waals surface area contributed by atoms with Crippen LogP contribution >= 0.6 is 0 Å². The first kappa shape index (κ1) is 17.2. The number of hydrogen-bond donors (Lipinski definition) is 2. The first-order valence-corrected chi connectivity index (χ1v) is 8.09.